The van der Waals surface area contributed by atoms with Crippen molar-refractivity contribution in [3.63, 3.8) is 0 Å². The number of hydrazine groups is 1. The van der Waals surface area contributed by atoms with E-state index < -0.39 is 5.91 Å². The zero-order valence-corrected chi connectivity index (χ0v) is 11.0. The van der Waals surface area contributed by atoms with Gasteiger partial charge in [0.1, 0.15) is 5.76 Å². The van der Waals surface area contributed by atoms with Crippen molar-refractivity contribution in [2.45, 2.75) is 13.5 Å². The summed E-state index contributed by atoms with van der Waals surface area (Å²) in [4.78, 5) is 15.8. The summed E-state index contributed by atoms with van der Waals surface area (Å²) in [5, 5.41) is 0. The van der Waals surface area contributed by atoms with Gasteiger partial charge in [0.25, 0.3) is 0 Å². The Morgan fingerprint density at radius 1 is 1.45 bits per heavy atom. The van der Waals surface area contributed by atoms with Gasteiger partial charge in [0, 0.05) is 5.56 Å². The number of aromatic nitrogens is 2. The molecule has 0 bridgehead atoms. The summed E-state index contributed by atoms with van der Waals surface area (Å²) in [6.07, 6.45) is 1.76. The van der Waals surface area contributed by atoms with Crippen LogP contribution in [-0.4, -0.2) is 15.5 Å². The molecule has 2 heterocycles. The molecule has 6 nitrogen and oxygen atoms in total. The minimum absolute atomic E-state index is 0.243. The molecule has 0 fully saturated rings. The predicted molar refractivity (Wildman–Crippen MR) is 73.9 cm³/mol. The van der Waals surface area contributed by atoms with E-state index >= 15 is 0 Å². The third-order valence-electron chi connectivity index (χ3n) is 3.16. The van der Waals surface area contributed by atoms with E-state index in [1.807, 2.05) is 41.8 Å². The van der Waals surface area contributed by atoms with Gasteiger partial charge in [-0.1, -0.05) is 12.1 Å². The Labute approximate surface area is 115 Å². The maximum atomic E-state index is 11.5. The molecular formula is C14H14N4O2. The maximum Gasteiger partial charge on any atom is 0.301 e. The molecule has 0 radical (unpaired) electrons. The first-order chi connectivity index (χ1) is 9.69. The SMILES string of the molecule is Cc1cc(Cn2cnc3ccccc32)oc1C(=O)NN. The number of furan rings is 1. The number of nitrogens with two attached hydrogens (primary N) is 1. The fraction of sp³-hybridized carbons (Fsp3) is 0.143. The van der Waals surface area contributed by atoms with Gasteiger partial charge in [0.15, 0.2) is 5.76 Å². The number of fused-ring (bicyclic) bond motifs is 1. The highest BCUT2D eigenvalue weighted by molar-refractivity contribution is 5.92. The van der Waals surface area contributed by atoms with Crippen LogP contribution in [0.25, 0.3) is 11.0 Å². The van der Waals surface area contributed by atoms with E-state index in [4.69, 9.17) is 10.3 Å². The van der Waals surface area contributed by atoms with Crippen molar-refractivity contribution in [2.24, 2.45) is 5.84 Å². The average molecular weight is 270 g/mol. The van der Waals surface area contributed by atoms with Crippen LogP contribution in [0.3, 0.4) is 0 Å². The molecule has 0 saturated heterocycles. The molecule has 3 N–H and O–H groups in total. The van der Waals surface area contributed by atoms with E-state index in [-0.39, 0.29) is 5.76 Å². The maximum absolute atomic E-state index is 11.5. The highest BCUT2D eigenvalue weighted by Crippen LogP contribution is 2.18. The highest BCUT2D eigenvalue weighted by atomic mass is 16.4. The molecule has 0 aliphatic carbocycles. The Hall–Kier alpha value is -2.60. The van der Waals surface area contributed by atoms with Gasteiger partial charge in [-0.3, -0.25) is 10.2 Å². The second-order valence-corrected chi connectivity index (χ2v) is 4.56. The smallest absolute Gasteiger partial charge is 0.301 e. The van der Waals surface area contributed by atoms with Gasteiger partial charge in [-0.15, -0.1) is 0 Å². The topological polar surface area (TPSA) is 86.1 Å². The number of nitrogens with one attached hydrogen (secondary N) is 1. The van der Waals surface area contributed by atoms with Crippen molar-refractivity contribution >= 4 is 16.9 Å². The van der Waals surface area contributed by atoms with Gasteiger partial charge in [-0.2, -0.15) is 0 Å². The molecule has 0 atom stereocenters. The Bertz CT molecular complexity index is 772. The van der Waals surface area contributed by atoms with Crippen LogP contribution >= 0.6 is 0 Å². The molecule has 0 unspecified atom stereocenters. The molecule has 3 aromatic rings. The number of hydrogen-bond donors (Lipinski definition) is 2. The van der Waals surface area contributed by atoms with E-state index in [1.54, 1.807) is 6.33 Å². The molecule has 1 aromatic carbocycles. The van der Waals surface area contributed by atoms with Crippen molar-refractivity contribution in [3.05, 3.63) is 53.7 Å². The van der Waals surface area contributed by atoms with Crippen LogP contribution in [0.1, 0.15) is 21.9 Å². The van der Waals surface area contributed by atoms with Crippen molar-refractivity contribution in [1.29, 1.82) is 0 Å². The minimum Gasteiger partial charge on any atom is -0.454 e. The Kier molecular flexibility index (Phi) is 3.00. The summed E-state index contributed by atoms with van der Waals surface area (Å²) in [6, 6.07) is 9.68. The number of nitrogens with zero attached hydrogens (tertiary/aromatic N) is 2. The molecule has 6 heteroatoms. The molecule has 102 valence electrons. The zero-order valence-electron chi connectivity index (χ0n) is 11.0. The quantitative estimate of drug-likeness (QED) is 0.430. The van der Waals surface area contributed by atoms with Crippen molar-refractivity contribution in [3.8, 4) is 0 Å². The van der Waals surface area contributed by atoms with E-state index in [2.05, 4.69) is 10.4 Å². The molecule has 1 amide bonds. The van der Waals surface area contributed by atoms with Gasteiger partial charge < -0.3 is 8.98 Å². The van der Waals surface area contributed by atoms with Crippen molar-refractivity contribution < 1.29 is 9.21 Å². The summed E-state index contributed by atoms with van der Waals surface area (Å²) in [7, 11) is 0. The van der Waals surface area contributed by atoms with Crippen LogP contribution < -0.4 is 11.3 Å². The number of hydrogen-bond acceptors (Lipinski definition) is 4. The number of amides is 1. The molecular weight excluding hydrogens is 256 g/mol. The van der Waals surface area contributed by atoms with E-state index in [0.717, 1.165) is 16.6 Å². The number of carbonyl (C=O) groups is 1. The Morgan fingerprint density at radius 2 is 2.25 bits per heavy atom. The Morgan fingerprint density at radius 3 is 3.05 bits per heavy atom. The number of rotatable bonds is 3. The summed E-state index contributed by atoms with van der Waals surface area (Å²) < 4.78 is 7.52. The van der Waals surface area contributed by atoms with Crippen LogP contribution in [-0.2, 0) is 6.54 Å². The monoisotopic (exact) mass is 270 g/mol. The van der Waals surface area contributed by atoms with Gasteiger partial charge in [-0.05, 0) is 25.1 Å². The summed E-state index contributed by atoms with van der Waals surface area (Å²) in [6.45, 7) is 2.32. The number of nitrogen functional groups attached to an aromatic ring is 1. The van der Waals surface area contributed by atoms with Gasteiger partial charge in [0.2, 0.25) is 0 Å². The molecule has 20 heavy (non-hydrogen) atoms. The van der Waals surface area contributed by atoms with Crippen LogP contribution in [0.4, 0.5) is 0 Å². The van der Waals surface area contributed by atoms with Crippen LogP contribution in [0.2, 0.25) is 0 Å². The fourth-order valence-corrected chi connectivity index (χ4v) is 2.22. The predicted octanol–water partition coefficient (Wildman–Crippen LogP) is 1.59. The first-order valence-electron chi connectivity index (χ1n) is 6.19. The first-order valence-corrected chi connectivity index (χ1v) is 6.19. The van der Waals surface area contributed by atoms with Crippen molar-refractivity contribution in [2.75, 3.05) is 0 Å². The first kappa shape index (κ1) is 12.4. The molecule has 0 saturated carbocycles. The second-order valence-electron chi connectivity index (χ2n) is 4.56. The van der Waals surface area contributed by atoms with E-state index in [9.17, 15) is 4.79 Å². The minimum atomic E-state index is -0.427. The molecule has 0 aliphatic heterocycles. The normalized spacial score (nSPS) is 10.9. The number of para-hydroxylation sites is 2. The fourth-order valence-electron chi connectivity index (χ4n) is 2.22. The number of benzene rings is 1. The van der Waals surface area contributed by atoms with Gasteiger partial charge in [-0.25, -0.2) is 10.8 Å². The third kappa shape index (κ3) is 2.06. The lowest BCUT2D eigenvalue weighted by molar-refractivity contribution is 0.0923. The third-order valence-corrected chi connectivity index (χ3v) is 3.16. The number of aryl methyl sites for hydroxylation is 1. The van der Waals surface area contributed by atoms with Gasteiger partial charge in [0.05, 0.1) is 23.9 Å². The van der Waals surface area contributed by atoms with Crippen molar-refractivity contribution in [1.82, 2.24) is 15.0 Å². The lowest BCUT2D eigenvalue weighted by atomic mass is 10.2. The standard InChI is InChI=1S/C14H14N4O2/c1-9-6-10(20-13(9)14(19)17-15)7-18-8-16-11-4-2-3-5-12(11)18/h2-6,8H,7,15H2,1H3,(H,17,19). The summed E-state index contributed by atoms with van der Waals surface area (Å²) in [5.41, 5.74) is 4.78. The Balaban J connectivity index is 1.93. The molecule has 2 aromatic heterocycles. The van der Waals surface area contributed by atoms with E-state index in [1.165, 1.54) is 0 Å². The molecule has 3 rings (SSSR count). The lowest BCUT2D eigenvalue weighted by Crippen LogP contribution is -2.30. The molecule has 0 spiro atoms. The zero-order chi connectivity index (χ0) is 14.1. The number of carbonyl (C=O) groups excluding carboxylic acids is 1. The largest absolute Gasteiger partial charge is 0.454 e. The summed E-state index contributed by atoms with van der Waals surface area (Å²) in [5.74, 6) is 5.62. The number of imidazole rings is 1. The lowest BCUT2D eigenvalue weighted by Gasteiger charge is -2.01. The second kappa shape index (κ2) is 4.82. The highest BCUT2D eigenvalue weighted by Gasteiger charge is 2.15. The van der Waals surface area contributed by atoms with E-state index in [0.29, 0.717) is 12.3 Å². The molecule has 0 aliphatic rings. The van der Waals surface area contributed by atoms with Crippen LogP contribution in [0, 0.1) is 6.92 Å². The van der Waals surface area contributed by atoms with Gasteiger partial charge >= 0.3 is 5.91 Å². The van der Waals surface area contributed by atoms with Crippen LogP contribution in [0.15, 0.2) is 41.1 Å². The summed E-state index contributed by atoms with van der Waals surface area (Å²) >= 11 is 0. The average Bonchev–Trinajstić information content (AvgIpc) is 3.03. The van der Waals surface area contributed by atoms with Crippen LogP contribution in [0.5, 0.6) is 0 Å².